The van der Waals surface area contributed by atoms with E-state index in [0.29, 0.717) is 6.42 Å². The average Bonchev–Trinajstić information content (AvgIpc) is 2.61. The molecule has 0 fully saturated rings. The standard InChI is InChI=1S/C20H17NO2/c1-23-19-9-5-4-8-15(19)17-12-18(22)20-14-7-3-2-6-13(14)10-11-16(20)21-17/h2-11,17,21H,12H2,1H3/t17-/m0/s1. The number of carbonyl (C=O) groups is 1. The summed E-state index contributed by atoms with van der Waals surface area (Å²) >= 11 is 0. The van der Waals surface area contributed by atoms with Gasteiger partial charge in [-0.1, -0.05) is 48.5 Å². The fourth-order valence-corrected chi connectivity index (χ4v) is 3.36. The summed E-state index contributed by atoms with van der Waals surface area (Å²) in [5, 5.41) is 5.62. The van der Waals surface area contributed by atoms with Gasteiger partial charge >= 0.3 is 0 Å². The predicted octanol–water partition coefficient (Wildman–Crippen LogP) is 4.59. The molecule has 0 radical (unpaired) electrons. The molecule has 0 saturated carbocycles. The summed E-state index contributed by atoms with van der Waals surface area (Å²) < 4.78 is 5.44. The number of Topliss-reactive ketones (excluding diaryl/α,β-unsaturated/α-hetero) is 1. The molecular formula is C20H17NO2. The Bertz CT molecular complexity index is 901. The summed E-state index contributed by atoms with van der Waals surface area (Å²) in [5.74, 6) is 0.980. The minimum atomic E-state index is -0.0627. The van der Waals surface area contributed by atoms with Gasteiger partial charge in [0, 0.05) is 23.2 Å². The summed E-state index contributed by atoms with van der Waals surface area (Å²) in [6, 6.07) is 19.9. The summed E-state index contributed by atoms with van der Waals surface area (Å²) in [6.07, 6.45) is 0.432. The highest BCUT2D eigenvalue weighted by Gasteiger charge is 2.28. The number of rotatable bonds is 2. The minimum absolute atomic E-state index is 0.0627. The quantitative estimate of drug-likeness (QED) is 0.752. The lowest BCUT2D eigenvalue weighted by Crippen LogP contribution is -2.23. The van der Waals surface area contributed by atoms with Gasteiger partial charge in [-0.15, -0.1) is 0 Å². The third kappa shape index (κ3) is 2.25. The zero-order valence-corrected chi connectivity index (χ0v) is 12.9. The van der Waals surface area contributed by atoms with Gasteiger partial charge in [0.05, 0.1) is 13.2 Å². The normalized spacial score (nSPS) is 16.7. The van der Waals surface area contributed by atoms with E-state index in [-0.39, 0.29) is 11.8 Å². The van der Waals surface area contributed by atoms with Gasteiger partial charge in [0.2, 0.25) is 0 Å². The summed E-state index contributed by atoms with van der Waals surface area (Å²) in [7, 11) is 1.66. The number of hydrogen-bond acceptors (Lipinski definition) is 3. The molecule has 3 heteroatoms. The molecule has 3 aromatic carbocycles. The maximum absolute atomic E-state index is 12.8. The lowest BCUT2D eigenvalue weighted by Gasteiger charge is -2.28. The van der Waals surface area contributed by atoms with Crippen LogP contribution in [0.1, 0.15) is 28.4 Å². The van der Waals surface area contributed by atoms with E-state index in [1.165, 1.54) is 0 Å². The van der Waals surface area contributed by atoms with Crippen molar-refractivity contribution in [3.63, 3.8) is 0 Å². The van der Waals surface area contributed by atoms with Crippen LogP contribution in [-0.4, -0.2) is 12.9 Å². The van der Waals surface area contributed by atoms with E-state index in [2.05, 4.69) is 11.4 Å². The molecule has 0 unspecified atom stereocenters. The maximum Gasteiger partial charge on any atom is 0.167 e. The molecule has 0 aliphatic carbocycles. The van der Waals surface area contributed by atoms with Crippen LogP contribution in [0.2, 0.25) is 0 Å². The average molecular weight is 303 g/mol. The van der Waals surface area contributed by atoms with E-state index in [4.69, 9.17) is 4.74 Å². The van der Waals surface area contributed by atoms with Crippen molar-refractivity contribution in [3.8, 4) is 5.75 Å². The number of hydrogen-bond donors (Lipinski definition) is 1. The molecule has 1 aliphatic rings. The molecule has 4 rings (SSSR count). The molecule has 0 aromatic heterocycles. The van der Waals surface area contributed by atoms with Crippen molar-refractivity contribution in [1.29, 1.82) is 0 Å². The Morgan fingerprint density at radius 3 is 2.65 bits per heavy atom. The minimum Gasteiger partial charge on any atom is -0.496 e. The van der Waals surface area contributed by atoms with Crippen LogP contribution in [0.15, 0.2) is 60.7 Å². The highest BCUT2D eigenvalue weighted by atomic mass is 16.5. The molecule has 1 heterocycles. The third-order valence-corrected chi connectivity index (χ3v) is 4.44. The molecule has 0 amide bonds. The Kier molecular flexibility index (Phi) is 3.27. The smallest absolute Gasteiger partial charge is 0.167 e. The Hall–Kier alpha value is -2.81. The lowest BCUT2D eigenvalue weighted by molar-refractivity contribution is 0.0973. The number of ketones is 1. The topological polar surface area (TPSA) is 38.3 Å². The number of methoxy groups -OCH3 is 1. The number of ether oxygens (including phenoxy) is 1. The van der Waals surface area contributed by atoms with Crippen molar-refractivity contribution < 1.29 is 9.53 Å². The van der Waals surface area contributed by atoms with Gasteiger partial charge in [0.1, 0.15) is 5.75 Å². The van der Waals surface area contributed by atoms with Gasteiger partial charge in [-0.2, -0.15) is 0 Å². The van der Waals surface area contributed by atoms with Crippen LogP contribution in [0.5, 0.6) is 5.75 Å². The van der Waals surface area contributed by atoms with Crippen LogP contribution in [0.3, 0.4) is 0 Å². The van der Waals surface area contributed by atoms with Crippen LogP contribution < -0.4 is 10.1 Å². The van der Waals surface area contributed by atoms with Crippen LogP contribution in [0.4, 0.5) is 5.69 Å². The first-order valence-electron chi connectivity index (χ1n) is 7.72. The van der Waals surface area contributed by atoms with E-state index in [0.717, 1.165) is 33.3 Å². The van der Waals surface area contributed by atoms with Gasteiger partial charge in [-0.25, -0.2) is 0 Å². The maximum atomic E-state index is 12.8. The fraction of sp³-hybridized carbons (Fsp3) is 0.150. The Morgan fingerprint density at radius 2 is 1.78 bits per heavy atom. The van der Waals surface area contributed by atoms with Crippen LogP contribution in [0, 0.1) is 0 Å². The first kappa shape index (κ1) is 13.8. The second-order valence-corrected chi connectivity index (χ2v) is 5.78. The van der Waals surface area contributed by atoms with Gasteiger partial charge in [0.15, 0.2) is 5.78 Å². The molecule has 3 aromatic rings. The summed E-state index contributed by atoms with van der Waals surface area (Å²) in [5.41, 5.74) is 2.72. The van der Waals surface area contributed by atoms with E-state index in [1.807, 2.05) is 54.6 Å². The largest absolute Gasteiger partial charge is 0.496 e. The monoisotopic (exact) mass is 303 g/mol. The number of carbonyl (C=O) groups excluding carboxylic acids is 1. The van der Waals surface area contributed by atoms with Gasteiger partial charge < -0.3 is 10.1 Å². The van der Waals surface area contributed by atoms with Crippen molar-refractivity contribution in [1.82, 2.24) is 0 Å². The lowest BCUT2D eigenvalue weighted by atomic mass is 9.89. The molecule has 114 valence electrons. The molecular weight excluding hydrogens is 286 g/mol. The molecule has 1 N–H and O–H groups in total. The summed E-state index contributed by atoms with van der Waals surface area (Å²) in [4.78, 5) is 12.8. The van der Waals surface area contributed by atoms with E-state index in [9.17, 15) is 4.79 Å². The molecule has 0 bridgehead atoms. The third-order valence-electron chi connectivity index (χ3n) is 4.44. The molecule has 0 spiro atoms. The van der Waals surface area contributed by atoms with Crippen LogP contribution in [0.25, 0.3) is 10.8 Å². The summed E-state index contributed by atoms with van der Waals surface area (Å²) in [6.45, 7) is 0. The Morgan fingerprint density at radius 1 is 1.00 bits per heavy atom. The first-order valence-corrected chi connectivity index (χ1v) is 7.72. The Labute approximate surface area is 134 Å². The van der Waals surface area contributed by atoms with Crippen molar-refractivity contribution >= 4 is 22.2 Å². The van der Waals surface area contributed by atoms with Crippen molar-refractivity contribution in [2.24, 2.45) is 0 Å². The second-order valence-electron chi connectivity index (χ2n) is 5.78. The zero-order chi connectivity index (χ0) is 15.8. The fourth-order valence-electron chi connectivity index (χ4n) is 3.36. The number of para-hydroxylation sites is 1. The van der Waals surface area contributed by atoms with Crippen LogP contribution >= 0.6 is 0 Å². The van der Waals surface area contributed by atoms with E-state index < -0.39 is 0 Å². The second kappa shape index (κ2) is 5.43. The SMILES string of the molecule is COc1ccccc1[C@@H]1CC(=O)c2c(ccc3ccccc23)N1. The number of benzene rings is 3. The predicted molar refractivity (Wildman–Crippen MR) is 92.3 cm³/mol. The first-order chi connectivity index (χ1) is 11.3. The Balaban J connectivity index is 1.81. The van der Waals surface area contributed by atoms with Gasteiger partial charge in [-0.05, 0) is 22.9 Å². The van der Waals surface area contributed by atoms with Gasteiger partial charge in [0.25, 0.3) is 0 Å². The molecule has 0 saturated heterocycles. The van der Waals surface area contributed by atoms with Gasteiger partial charge in [-0.3, -0.25) is 4.79 Å². The molecule has 23 heavy (non-hydrogen) atoms. The van der Waals surface area contributed by atoms with E-state index >= 15 is 0 Å². The zero-order valence-electron chi connectivity index (χ0n) is 12.9. The molecule has 1 atom stereocenters. The highest BCUT2D eigenvalue weighted by molar-refractivity contribution is 6.14. The number of nitrogens with one attached hydrogen (secondary N) is 1. The number of anilines is 1. The molecule has 3 nitrogen and oxygen atoms in total. The van der Waals surface area contributed by atoms with E-state index in [1.54, 1.807) is 7.11 Å². The van der Waals surface area contributed by atoms with Crippen molar-refractivity contribution in [3.05, 3.63) is 71.8 Å². The van der Waals surface area contributed by atoms with Crippen molar-refractivity contribution in [2.45, 2.75) is 12.5 Å². The highest BCUT2D eigenvalue weighted by Crippen LogP contribution is 2.39. The number of fused-ring (bicyclic) bond motifs is 3. The van der Waals surface area contributed by atoms with Crippen molar-refractivity contribution in [2.75, 3.05) is 12.4 Å². The van der Waals surface area contributed by atoms with Crippen LogP contribution in [-0.2, 0) is 0 Å². The molecule has 1 aliphatic heterocycles.